The van der Waals surface area contributed by atoms with Gasteiger partial charge in [-0.3, -0.25) is 0 Å². The second-order valence-electron chi connectivity index (χ2n) is 3.73. The van der Waals surface area contributed by atoms with Crippen LogP contribution >= 0.6 is 0 Å². The van der Waals surface area contributed by atoms with Crippen molar-refractivity contribution in [2.75, 3.05) is 13.1 Å². The van der Waals surface area contributed by atoms with Gasteiger partial charge in [-0.15, -0.1) is 0 Å². The Morgan fingerprint density at radius 3 is 2.36 bits per heavy atom. The van der Waals surface area contributed by atoms with Crippen LogP contribution < -0.4 is 0 Å². The van der Waals surface area contributed by atoms with Gasteiger partial charge in [0.1, 0.15) is 0 Å². The van der Waals surface area contributed by atoms with Crippen LogP contribution in [0.3, 0.4) is 0 Å². The molecule has 1 saturated heterocycles. The van der Waals surface area contributed by atoms with Crippen LogP contribution in [0.1, 0.15) is 25.3 Å². The predicted octanol–water partition coefficient (Wildman–Crippen LogP) is 3.14. The van der Waals surface area contributed by atoms with E-state index in [1.807, 2.05) is 0 Å². The number of allylic oxidation sites excluding steroid dienone is 1. The number of hydrogen-bond donors (Lipinski definition) is 0. The Morgan fingerprint density at radius 1 is 1.14 bits per heavy atom. The highest BCUT2D eigenvalue weighted by Gasteiger charge is 2.14. The topological polar surface area (TPSA) is 3.24 Å². The Labute approximate surface area is 86.1 Å². The molecule has 1 fully saturated rings. The first-order valence-electron chi connectivity index (χ1n) is 5.38. The van der Waals surface area contributed by atoms with Crippen molar-refractivity contribution in [3.63, 3.8) is 0 Å². The van der Waals surface area contributed by atoms with Gasteiger partial charge in [0.05, 0.1) is 0 Å². The van der Waals surface area contributed by atoms with Crippen molar-refractivity contribution >= 4 is 5.70 Å². The molecule has 1 aromatic carbocycles. The Morgan fingerprint density at radius 2 is 1.79 bits per heavy atom. The average Bonchev–Trinajstić information content (AvgIpc) is 2.74. The zero-order valence-electron chi connectivity index (χ0n) is 8.74. The van der Waals surface area contributed by atoms with E-state index in [0.717, 1.165) is 0 Å². The molecule has 0 atom stereocenters. The first-order valence-corrected chi connectivity index (χ1v) is 5.38. The minimum absolute atomic E-state index is 1.22. The summed E-state index contributed by atoms with van der Waals surface area (Å²) >= 11 is 0. The van der Waals surface area contributed by atoms with Crippen molar-refractivity contribution in [3.05, 3.63) is 42.0 Å². The maximum absolute atomic E-state index is 2.48. The molecule has 0 radical (unpaired) electrons. The summed E-state index contributed by atoms with van der Waals surface area (Å²) < 4.78 is 0. The second-order valence-corrected chi connectivity index (χ2v) is 3.73. The standard InChI is InChI=1S/C13H17N/c1-2-13(14-10-6-7-11-14)12-8-4-3-5-9-12/h2-5,8-9H,6-7,10-11H2,1H3/b13-2-. The van der Waals surface area contributed by atoms with E-state index in [-0.39, 0.29) is 0 Å². The number of benzene rings is 1. The van der Waals surface area contributed by atoms with Gasteiger partial charge in [0.15, 0.2) is 0 Å². The van der Waals surface area contributed by atoms with Crippen molar-refractivity contribution < 1.29 is 0 Å². The SMILES string of the molecule is C/C=C(/c1ccccc1)N1CCCC1. The molecule has 1 aliphatic rings. The zero-order chi connectivity index (χ0) is 9.80. The smallest absolute Gasteiger partial charge is 0.0396 e. The lowest BCUT2D eigenvalue weighted by Crippen LogP contribution is -2.17. The maximum Gasteiger partial charge on any atom is 0.0396 e. The third-order valence-electron chi connectivity index (χ3n) is 2.79. The van der Waals surface area contributed by atoms with Crippen molar-refractivity contribution in [2.45, 2.75) is 19.8 Å². The van der Waals surface area contributed by atoms with Gasteiger partial charge in [-0.25, -0.2) is 0 Å². The lowest BCUT2D eigenvalue weighted by molar-refractivity contribution is 0.492. The van der Waals surface area contributed by atoms with E-state index >= 15 is 0 Å². The quantitative estimate of drug-likeness (QED) is 0.687. The molecule has 1 aromatic rings. The fraction of sp³-hybridized carbons (Fsp3) is 0.385. The van der Waals surface area contributed by atoms with E-state index in [4.69, 9.17) is 0 Å². The number of rotatable bonds is 2. The van der Waals surface area contributed by atoms with Crippen LogP contribution in [0.5, 0.6) is 0 Å². The van der Waals surface area contributed by atoms with Gasteiger partial charge in [0.25, 0.3) is 0 Å². The summed E-state index contributed by atoms with van der Waals surface area (Å²) in [6.07, 6.45) is 4.90. The first-order chi connectivity index (χ1) is 6.92. The molecule has 0 unspecified atom stereocenters. The Kier molecular flexibility index (Phi) is 2.87. The van der Waals surface area contributed by atoms with E-state index in [9.17, 15) is 0 Å². The van der Waals surface area contributed by atoms with E-state index in [1.165, 1.54) is 37.2 Å². The third-order valence-corrected chi connectivity index (χ3v) is 2.79. The molecule has 0 aliphatic carbocycles. The fourth-order valence-electron chi connectivity index (χ4n) is 2.10. The number of hydrogen-bond acceptors (Lipinski definition) is 1. The number of likely N-dealkylation sites (tertiary alicyclic amines) is 1. The molecule has 2 rings (SSSR count). The molecular formula is C13H17N. The first kappa shape index (κ1) is 9.32. The van der Waals surface area contributed by atoms with Gasteiger partial charge in [0, 0.05) is 18.8 Å². The second kappa shape index (κ2) is 4.32. The summed E-state index contributed by atoms with van der Waals surface area (Å²) in [6, 6.07) is 10.7. The maximum atomic E-state index is 2.48. The van der Waals surface area contributed by atoms with Gasteiger partial charge in [-0.05, 0) is 25.3 Å². The van der Waals surface area contributed by atoms with Gasteiger partial charge in [-0.1, -0.05) is 36.4 Å². The highest BCUT2D eigenvalue weighted by Crippen LogP contribution is 2.23. The third kappa shape index (κ3) is 1.82. The van der Waals surface area contributed by atoms with Crippen molar-refractivity contribution in [1.29, 1.82) is 0 Å². The van der Waals surface area contributed by atoms with Gasteiger partial charge < -0.3 is 4.90 Å². The van der Waals surface area contributed by atoms with E-state index in [0.29, 0.717) is 0 Å². The van der Waals surface area contributed by atoms with Gasteiger partial charge >= 0.3 is 0 Å². The minimum atomic E-state index is 1.22. The fourth-order valence-corrected chi connectivity index (χ4v) is 2.10. The molecule has 0 N–H and O–H groups in total. The molecule has 14 heavy (non-hydrogen) atoms. The van der Waals surface area contributed by atoms with Gasteiger partial charge in [-0.2, -0.15) is 0 Å². The molecule has 1 aliphatic heterocycles. The van der Waals surface area contributed by atoms with Crippen LogP contribution in [-0.4, -0.2) is 18.0 Å². The highest BCUT2D eigenvalue weighted by molar-refractivity contribution is 5.63. The molecular weight excluding hydrogens is 170 g/mol. The Hall–Kier alpha value is -1.24. The summed E-state index contributed by atoms with van der Waals surface area (Å²) in [6.45, 7) is 4.56. The molecule has 1 nitrogen and oxygen atoms in total. The summed E-state index contributed by atoms with van der Waals surface area (Å²) in [5, 5.41) is 0. The summed E-state index contributed by atoms with van der Waals surface area (Å²) in [4.78, 5) is 2.48. The number of nitrogens with zero attached hydrogens (tertiary/aromatic N) is 1. The molecule has 0 spiro atoms. The molecule has 0 bridgehead atoms. The van der Waals surface area contributed by atoms with Crippen LogP contribution in [0.15, 0.2) is 36.4 Å². The largest absolute Gasteiger partial charge is 0.371 e. The van der Waals surface area contributed by atoms with Crippen LogP contribution in [-0.2, 0) is 0 Å². The van der Waals surface area contributed by atoms with Crippen molar-refractivity contribution in [3.8, 4) is 0 Å². The minimum Gasteiger partial charge on any atom is -0.371 e. The molecule has 0 saturated carbocycles. The van der Waals surface area contributed by atoms with Crippen molar-refractivity contribution in [1.82, 2.24) is 4.90 Å². The van der Waals surface area contributed by atoms with Gasteiger partial charge in [0.2, 0.25) is 0 Å². The molecule has 0 aromatic heterocycles. The molecule has 1 heteroatoms. The van der Waals surface area contributed by atoms with E-state index < -0.39 is 0 Å². The zero-order valence-corrected chi connectivity index (χ0v) is 8.74. The predicted molar refractivity (Wildman–Crippen MR) is 60.9 cm³/mol. The van der Waals surface area contributed by atoms with Crippen LogP contribution in [0, 0.1) is 0 Å². The van der Waals surface area contributed by atoms with Crippen molar-refractivity contribution in [2.24, 2.45) is 0 Å². The summed E-state index contributed by atoms with van der Waals surface area (Å²) in [5.41, 5.74) is 2.74. The highest BCUT2D eigenvalue weighted by atomic mass is 15.1. The summed E-state index contributed by atoms with van der Waals surface area (Å²) in [5.74, 6) is 0. The lowest BCUT2D eigenvalue weighted by Gasteiger charge is -2.21. The normalized spacial score (nSPS) is 17.5. The van der Waals surface area contributed by atoms with E-state index in [1.54, 1.807) is 0 Å². The van der Waals surface area contributed by atoms with E-state index in [2.05, 4.69) is 48.2 Å². The molecule has 1 heterocycles. The average molecular weight is 187 g/mol. The molecule has 74 valence electrons. The monoisotopic (exact) mass is 187 g/mol. The van der Waals surface area contributed by atoms with Crippen LogP contribution in [0.25, 0.3) is 5.70 Å². The van der Waals surface area contributed by atoms with Crippen LogP contribution in [0.4, 0.5) is 0 Å². The lowest BCUT2D eigenvalue weighted by atomic mass is 10.1. The summed E-state index contributed by atoms with van der Waals surface area (Å²) in [7, 11) is 0. The van der Waals surface area contributed by atoms with Crippen LogP contribution in [0.2, 0.25) is 0 Å². The Balaban J connectivity index is 2.22. The Bertz CT molecular complexity index is 307. The molecule has 0 amide bonds.